The lowest BCUT2D eigenvalue weighted by atomic mass is 10.1. The van der Waals surface area contributed by atoms with E-state index in [4.69, 9.17) is 13.8 Å². The van der Waals surface area contributed by atoms with Gasteiger partial charge in [0.2, 0.25) is 0 Å². The summed E-state index contributed by atoms with van der Waals surface area (Å²) in [5.74, 6) is -1.36. The number of aromatic nitrogens is 2. The zero-order chi connectivity index (χ0) is 31.2. The van der Waals surface area contributed by atoms with Crippen LogP contribution in [0.25, 0.3) is 22.5 Å². The van der Waals surface area contributed by atoms with Crippen LogP contribution in [0.3, 0.4) is 0 Å². The molecule has 7 nitrogen and oxygen atoms in total. The number of nitrogens with one attached hydrogen (secondary N) is 2. The average molecular weight is 615 g/mol. The molecule has 0 unspecified atom stereocenters. The first-order valence-corrected chi connectivity index (χ1v) is 14.0. The Bertz CT molecular complexity index is 1710. The van der Waals surface area contributed by atoms with Crippen LogP contribution in [-0.2, 0) is 31.0 Å². The molecule has 0 fully saturated rings. The van der Waals surface area contributed by atoms with E-state index in [1.807, 2.05) is 24.3 Å². The summed E-state index contributed by atoms with van der Waals surface area (Å²) in [5.41, 5.74) is 4.17. The second-order valence-electron chi connectivity index (χ2n) is 10.1. The van der Waals surface area contributed by atoms with Crippen molar-refractivity contribution >= 4 is 11.4 Å². The van der Waals surface area contributed by atoms with Crippen LogP contribution in [-0.4, -0.2) is 10.3 Å². The Kier molecular flexibility index (Phi) is 8.88. The molecule has 0 aliphatic rings. The Labute approximate surface area is 255 Å². The highest BCUT2D eigenvalue weighted by atomic mass is 19.1. The molecule has 2 heterocycles. The highest BCUT2D eigenvalue weighted by molar-refractivity contribution is 5.63. The third kappa shape index (κ3) is 7.22. The van der Waals surface area contributed by atoms with Crippen molar-refractivity contribution in [2.45, 2.75) is 26.3 Å². The van der Waals surface area contributed by atoms with Gasteiger partial charge in [0.15, 0.2) is 11.5 Å². The van der Waals surface area contributed by atoms with Crippen LogP contribution in [0.2, 0.25) is 0 Å². The molecule has 0 saturated carbocycles. The van der Waals surface area contributed by atoms with Gasteiger partial charge in [0, 0.05) is 58.9 Å². The minimum atomic E-state index is -0.598. The van der Waals surface area contributed by atoms with Gasteiger partial charge in [-0.05, 0) is 48.5 Å². The fourth-order valence-corrected chi connectivity index (χ4v) is 4.59. The zero-order valence-corrected chi connectivity index (χ0v) is 23.7. The van der Waals surface area contributed by atoms with E-state index in [2.05, 4.69) is 20.9 Å². The molecule has 0 radical (unpaired) electrons. The van der Waals surface area contributed by atoms with Gasteiger partial charge in [0.05, 0.1) is 0 Å². The van der Waals surface area contributed by atoms with E-state index in [0.717, 1.165) is 11.1 Å². The van der Waals surface area contributed by atoms with Gasteiger partial charge in [-0.2, -0.15) is 0 Å². The Balaban J connectivity index is 0.973. The highest BCUT2D eigenvalue weighted by Gasteiger charge is 2.12. The van der Waals surface area contributed by atoms with E-state index in [1.165, 1.54) is 36.4 Å². The molecule has 0 atom stereocenters. The lowest BCUT2D eigenvalue weighted by Crippen LogP contribution is -2.04. The Morgan fingerprint density at radius 3 is 1.29 bits per heavy atom. The molecule has 0 spiro atoms. The third-order valence-electron chi connectivity index (χ3n) is 7.03. The molecule has 11 heteroatoms. The van der Waals surface area contributed by atoms with Crippen molar-refractivity contribution in [3.63, 3.8) is 0 Å². The van der Waals surface area contributed by atoms with E-state index in [9.17, 15) is 17.6 Å². The van der Waals surface area contributed by atoms with Gasteiger partial charge in [-0.3, -0.25) is 0 Å². The number of benzene rings is 4. The minimum absolute atomic E-state index is 0.0153. The normalized spacial score (nSPS) is 11.1. The Hall–Kier alpha value is -5.42. The first-order chi connectivity index (χ1) is 21.9. The average Bonchev–Trinajstić information content (AvgIpc) is 3.72. The van der Waals surface area contributed by atoms with Crippen LogP contribution in [0, 0.1) is 23.3 Å². The summed E-state index contributed by atoms with van der Waals surface area (Å²) in [6, 6.07) is 25.5. The topological polar surface area (TPSA) is 85.4 Å². The van der Waals surface area contributed by atoms with Crippen molar-refractivity contribution in [3.05, 3.63) is 143 Å². The highest BCUT2D eigenvalue weighted by Crippen LogP contribution is 2.25. The van der Waals surface area contributed by atoms with Crippen molar-refractivity contribution in [3.8, 4) is 22.5 Å². The van der Waals surface area contributed by atoms with E-state index < -0.39 is 23.3 Å². The summed E-state index contributed by atoms with van der Waals surface area (Å²) >= 11 is 0. The largest absolute Gasteiger partial charge is 0.381 e. The lowest BCUT2D eigenvalue weighted by molar-refractivity contribution is 0.0727. The van der Waals surface area contributed by atoms with Crippen LogP contribution in [0.15, 0.2) is 106 Å². The lowest BCUT2D eigenvalue weighted by Gasteiger charge is -2.08. The summed E-state index contributed by atoms with van der Waals surface area (Å²) in [4.78, 5) is 0. The van der Waals surface area contributed by atoms with Gasteiger partial charge >= 0.3 is 0 Å². The number of hydrogen-bond donors (Lipinski definition) is 2. The van der Waals surface area contributed by atoms with Crippen molar-refractivity contribution in [1.29, 1.82) is 0 Å². The molecule has 0 bridgehead atoms. The fourth-order valence-electron chi connectivity index (χ4n) is 4.59. The van der Waals surface area contributed by atoms with Crippen molar-refractivity contribution in [2.75, 3.05) is 10.6 Å². The molecule has 6 rings (SSSR count). The van der Waals surface area contributed by atoms with Crippen molar-refractivity contribution < 1.29 is 31.3 Å². The van der Waals surface area contributed by atoms with E-state index >= 15 is 0 Å². The molecule has 2 aromatic heterocycles. The van der Waals surface area contributed by atoms with Crippen LogP contribution < -0.4 is 10.6 Å². The number of ether oxygens (including phenoxy) is 1. The summed E-state index contributed by atoms with van der Waals surface area (Å²) in [6.45, 7) is 0.336. The molecule has 6 aromatic rings. The van der Waals surface area contributed by atoms with Crippen LogP contribution in [0.5, 0.6) is 0 Å². The van der Waals surface area contributed by atoms with Gasteiger partial charge in [-0.1, -0.05) is 46.7 Å². The SMILES string of the molecule is Fc1cccc(F)c1CNc1ccc(-c2cc(COCc3cc(-c4ccc(NCc5c(F)cccc5F)cc4)no3)on2)cc1. The molecule has 0 saturated heterocycles. The van der Waals surface area contributed by atoms with Crippen LogP contribution in [0.4, 0.5) is 28.9 Å². The Morgan fingerprint density at radius 1 is 0.533 bits per heavy atom. The number of anilines is 2. The molecule has 228 valence electrons. The molecular weight excluding hydrogens is 588 g/mol. The van der Waals surface area contributed by atoms with Gasteiger partial charge < -0.3 is 24.4 Å². The predicted octanol–water partition coefficient (Wildman–Crippen LogP) is 8.49. The van der Waals surface area contributed by atoms with Gasteiger partial charge in [-0.25, -0.2) is 17.6 Å². The number of halogens is 4. The number of rotatable bonds is 12. The zero-order valence-electron chi connectivity index (χ0n) is 23.7. The second kappa shape index (κ2) is 13.5. The second-order valence-corrected chi connectivity index (χ2v) is 10.1. The molecule has 4 aromatic carbocycles. The summed E-state index contributed by atoms with van der Waals surface area (Å²) in [7, 11) is 0. The van der Waals surface area contributed by atoms with Crippen molar-refractivity contribution in [1.82, 2.24) is 10.3 Å². The van der Waals surface area contributed by atoms with Crippen LogP contribution >= 0.6 is 0 Å². The summed E-state index contributed by atoms with van der Waals surface area (Å²) in [5, 5.41) is 14.2. The summed E-state index contributed by atoms with van der Waals surface area (Å²) < 4.78 is 71.9. The Morgan fingerprint density at radius 2 is 0.911 bits per heavy atom. The van der Waals surface area contributed by atoms with Gasteiger partial charge in [-0.15, -0.1) is 0 Å². The molecule has 2 N–H and O–H groups in total. The molecule has 0 aliphatic heterocycles. The standard InChI is InChI=1S/C34H26F4N4O3/c35-29-3-1-4-30(36)27(29)17-39-23-11-7-21(8-12-23)33-15-25(44-41-33)19-43-20-26-16-34(42-45-26)22-9-13-24(14-10-22)40-18-28-31(37)5-2-6-32(28)38/h1-16,39-40H,17-20H2. The first kappa shape index (κ1) is 29.6. The molecule has 0 amide bonds. The monoisotopic (exact) mass is 614 g/mol. The van der Waals surface area contributed by atoms with E-state index in [-0.39, 0.29) is 37.4 Å². The van der Waals surface area contributed by atoms with E-state index in [0.29, 0.717) is 34.3 Å². The maximum atomic E-state index is 13.9. The smallest absolute Gasteiger partial charge is 0.163 e. The van der Waals surface area contributed by atoms with Crippen molar-refractivity contribution in [2.24, 2.45) is 0 Å². The maximum absolute atomic E-state index is 13.9. The minimum Gasteiger partial charge on any atom is -0.381 e. The fraction of sp³-hybridized carbons (Fsp3) is 0.118. The molecule has 45 heavy (non-hydrogen) atoms. The number of hydrogen-bond acceptors (Lipinski definition) is 7. The summed E-state index contributed by atoms with van der Waals surface area (Å²) in [6.07, 6.45) is 0. The van der Waals surface area contributed by atoms with Gasteiger partial charge in [0.25, 0.3) is 0 Å². The quantitative estimate of drug-likeness (QED) is 0.134. The van der Waals surface area contributed by atoms with E-state index in [1.54, 1.807) is 36.4 Å². The molecule has 0 aliphatic carbocycles. The predicted molar refractivity (Wildman–Crippen MR) is 160 cm³/mol. The number of nitrogens with zero attached hydrogens (tertiary/aromatic N) is 2. The third-order valence-corrected chi connectivity index (χ3v) is 7.03. The van der Waals surface area contributed by atoms with Gasteiger partial charge in [0.1, 0.15) is 47.9 Å². The molecular formula is C34H26F4N4O3. The maximum Gasteiger partial charge on any atom is 0.163 e. The first-order valence-electron chi connectivity index (χ1n) is 14.0. The van der Waals surface area contributed by atoms with Crippen LogP contribution in [0.1, 0.15) is 22.6 Å².